The van der Waals surface area contributed by atoms with E-state index in [-0.39, 0.29) is 21.9 Å². The number of fused-ring (bicyclic) bond motifs is 1. The van der Waals surface area contributed by atoms with Crippen molar-refractivity contribution < 1.29 is 30.3 Å². The Kier molecular flexibility index (Phi) is 15.1. The van der Waals surface area contributed by atoms with Crippen LogP contribution in [0.5, 0.6) is 5.75 Å². The van der Waals surface area contributed by atoms with E-state index in [1.165, 1.54) is 94.5 Å². The number of carbonyl (C=O) groups excluding carboxylic acids is 1. The Morgan fingerprint density at radius 2 is 1.22 bits per heavy atom. The molecule has 0 aliphatic carbocycles. The van der Waals surface area contributed by atoms with E-state index in [1.54, 1.807) is 12.1 Å². The number of ether oxygens (including phenoxy) is 1. The molecule has 0 fully saturated rings. The molecule has 0 spiro atoms. The molecule has 8 nitrogen and oxygen atoms in total. The number of halogens is 1. The Hall–Kier alpha value is -3.96. The molecule has 0 saturated heterocycles. The fourth-order valence-electron chi connectivity index (χ4n) is 5.88. The van der Waals surface area contributed by atoms with E-state index >= 15 is 0 Å². The molecular weight excluding hydrogens is 676 g/mol. The van der Waals surface area contributed by atoms with Crippen LogP contribution in [0.3, 0.4) is 0 Å². The van der Waals surface area contributed by atoms with E-state index in [0.29, 0.717) is 12.3 Å². The minimum absolute atomic E-state index is 0.0221. The van der Waals surface area contributed by atoms with E-state index in [1.807, 2.05) is 30.3 Å². The van der Waals surface area contributed by atoms with Crippen LogP contribution in [0, 0.1) is 0 Å². The number of nitrogens with one attached hydrogen (secondary N) is 2. The number of benzene rings is 4. The Morgan fingerprint density at radius 1 is 0.660 bits per heavy atom. The summed E-state index contributed by atoms with van der Waals surface area (Å²) in [7, 11) is -9.02. The summed E-state index contributed by atoms with van der Waals surface area (Å²) in [5.74, 6) is -0.598. The molecule has 0 heterocycles. The van der Waals surface area contributed by atoms with Gasteiger partial charge < -0.3 is 10.1 Å². The lowest BCUT2D eigenvalue weighted by molar-refractivity contribution is 0.102. The minimum Gasteiger partial charge on any atom is -0.493 e. The van der Waals surface area contributed by atoms with Gasteiger partial charge in [-0.05, 0) is 60.3 Å². The van der Waals surface area contributed by atoms with Gasteiger partial charge in [-0.1, -0.05) is 127 Å². The van der Waals surface area contributed by atoms with Gasteiger partial charge >= 0.3 is 10.2 Å². The SMILES string of the molecule is CCCCCCCCCCCCCCCCOc1ccc(S(=O)(=O)F)cc1C(=O)Nc1ccc(S(=O)(=O)Nc2cccc3ccccc23)cc1. The van der Waals surface area contributed by atoms with Gasteiger partial charge in [0.2, 0.25) is 0 Å². The van der Waals surface area contributed by atoms with Crippen molar-refractivity contribution in [2.45, 2.75) is 107 Å². The topological polar surface area (TPSA) is 119 Å². The Balaban J connectivity index is 1.28. The molecule has 4 aromatic carbocycles. The highest BCUT2D eigenvalue weighted by Crippen LogP contribution is 2.28. The standard InChI is InChI=1S/C39H49FN2O6S2/c1-2-3-4-5-6-7-8-9-10-11-12-13-14-17-29-48-38-28-27-34(49(40,44)45)30-36(38)39(43)41-32-23-25-33(26-24-32)50(46,47)42-37-22-18-20-31-19-15-16-21-35(31)37/h15-16,18-28,30,42H,2-14,17,29H2,1H3,(H,41,43). The zero-order valence-corrected chi connectivity index (χ0v) is 30.5. The molecule has 0 bridgehead atoms. The zero-order valence-electron chi connectivity index (χ0n) is 28.8. The number of anilines is 2. The second kappa shape index (κ2) is 19.4. The molecule has 1 amide bonds. The van der Waals surface area contributed by atoms with E-state index < -0.39 is 31.0 Å². The highest BCUT2D eigenvalue weighted by Gasteiger charge is 2.21. The maximum atomic E-state index is 13.9. The average Bonchev–Trinajstić information content (AvgIpc) is 3.10. The molecule has 11 heteroatoms. The van der Waals surface area contributed by atoms with Crippen molar-refractivity contribution in [1.29, 1.82) is 0 Å². The van der Waals surface area contributed by atoms with E-state index in [0.717, 1.165) is 48.6 Å². The smallest absolute Gasteiger partial charge is 0.332 e. The van der Waals surface area contributed by atoms with Crippen molar-refractivity contribution in [1.82, 2.24) is 0 Å². The maximum Gasteiger partial charge on any atom is 0.332 e. The fraction of sp³-hybridized carbons (Fsp3) is 0.410. The van der Waals surface area contributed by atoms with Gasteiger partial charge in [0.25, 0.3) is 15.9 Å². The predicted molar refractivity (Wildman–Crippen MR) is 200 cm³/mol. The van der Waals surface area contributed by atoms with Crippen LogP contribution in [0.1, 0.15) is 107 Å². The van der Waals surface area contributed by atoms with Gasteiger partial charge in [-0.25, -0.2) is 8.42 Å². The number of carbonyl (C=O) groups is 1. The average molecular weight is 725 g/mol. The van der Waals surface area contributed by atoms with Crippen LogP contribution in [-0.2, 0) is 20.2 Å². The van der Waals surface area contributed by atoms with Crippen molar-refractivity contribution in [2.75, 3.05) is 16.6 Å². The van der Waals surface area contributed by atoms with Crippen molar-refractivity contribution in [3.8, 4) is 5.75 Å². The lowest BCUT2D eigenvalue weighted by Crippen LogP contribution is -2.16. The number of rotatable bonds is 22. The lowest BCUT2D eigenvalue weighted by Gasteiger charge is -2.14. The van der Waals surface area contributed by atoms with Crippen LogP contribution in [0.2, 0.25) is 0 Å². The van der Waals surface area contributed by atoms with Crippen LogP contribution in [0.4, 0.5) is 15.3 Å². The van der Waals surface area contributed by atoms with Crippen LogP contribution >= 0.6 is 0 Å². The summed E-state index contributed by atoms with van der Waals surface area (Å²) in [6.45, 7) is 2.56. The summed E-state index contributed by atoms with van der Waals surface area (Å²) in [6.07, 6.45) is 17.1. The normalized spacial score (nSPS) is 11.8. The Labute approximate surface area is 297 Å². The summed E-state index contributed by atoms with van der Waals surface area (Å²) in [4.78, 5) is 12.6. The molecule has 0 atom stereocenters. The number of amides is 1. The first kappa shape index (κ1) is 38.8. The summed E-state index contributed by atoms with van der Waals surface area (Å²) in [5, 5.41) is 4.27. The predicted octanol–water partition coefficient (Wildman–Crippen LogP) is 10.4. The third-order valence-electron chi connectivity index (χ3n) is 8.69. The highest BCUT2D eigenvalue weighted by atomic mass is 32.3. The van der Waals surface area contributed by atoms with Crippen LogP contribution in [0.15, 0.2) is 94.7 Å². The summed E-state index contributed by atoms with van der Waals surface area (Å²) in [5.41, 5.74) is 0.541. The summed E-state index contributed by atoms with van der Waals surface area (Å²) >= 11 is 0. The minimum atomic E-state index is -5.07. The molecule has 0 aromatic heterocycles. The molecule has 4 rings (SSSR count). The largest absolute Gasteiger partial charge is 0.493 e. The molecule has 0 aliphatic rings. The number of hydrogen-bond donors (Lipinski definition) is 2. The number of unbranched alkanes of at least 4 members (excludes halogenated alkanes) is 13. The molecule has 0 unspecified atom stereocenters. The van der Waals surface area contributed by atoms with Gasteiger partial charge in [0, 0.05) is 11.1 Å². The van der Waals surface area contributed by atoms with Crippen molar-refractivity contribution in [3.63, 3.8) is 0 Å². The van der Waals surface area contributed by atoms with Gasteiger partial charge in [0.1, 0.15) is 5.75 Å². The Bertz CT molecular complexity index is 1890. The third-order valence-corrected chi connectivity index (χ3v) is 10.9. The highest BCUT2D eigenvalue weighted by molar-refractivity contribution is 7.92. The maximum absolute atomic E-state index is 13.9. The van der Waals surface area contributed by atoms with E-state index in [4.69, 9.17) is 4.74 Å². The van der Waals surface area contributed by atoms with Gasteiger partial charge in [-0.3, -0.25) is 9.52 Å². The van der Waals surface area contributed by atoms with E-state index in [9.17, 15) is 25.5 Å². The summed E-state index contributed by atoms with van der Waals surface area (Å²) < 4.78 is 71.9. The fourth-order valence-corrected chi connectivity index (χ4v) is 7.45. The van der Waals surface area contributed by atoms with Crippen LogP contribution in [0.25, 0.3) is 10.8 Å². The molecule has 2 N–H and O–H groups in total. The Morgan fingerprint density at radius 3 is 1.84 bits per heavy atom. The molecule has 0 radical (unpaired) electrons. The third kappa shape index (κ3) is 12.1. The zero-order chi connectivity index (χ0) is 35.8. The monoisotopic (exact) mass is 724 g/mol. The lowest BCUT2D eigenvalue weighted by atomic mass is 10.0. The number of sulfonamides is 1. The second-order valence-corrected chi connectivity index (χ2v) is 15.7. The summed E-state index contributed by atoms with van der Waals surface area (Å²) in [6, 6.07) is 21.6. The molecule has 0 saturated carbocycles. The van der Waals surface area contributed by atoms with Gasteiger partial charge in [-0.2, -0.15) is 8.42 Å². The van der Waals surface area contributed by atoms with Gasteiger partial charge in [-0.15, -0.1) is 3.89 Å². The second-order valence-electron chi connectivity index (χ2n) is 12.7. The van der Waals surface area contributed by atoms with E-state index in [2.05, 4.69) is 17.0 Å². The molecular formula is C39H49FN2O6S2. The quantitative estimate of drug-likeness (QED) is 0.0615. The number of hydrogen-bond acceptors (Lipinski definition) is 6. The molecule has 4 aromatic rings. The molecule has 270 valence electrons. The van der Waals surface area contributed by atoms with Gasteiger partial charge in [0.15, 0.2) is 0 Å². The first-order valence-corrected chi connectivity index (χ1v) is 20.6. The van der Waals surface area contributed by atoms with Crippen molar-refractivity contribution in [3.05, 3.63) is 90.5 Å². The van der Waals surface area contributed by atoms with Gasteiger partial charge in [0.05, 0.1) is 27.6 Å². The molecule has 0 aliphatic heterocycles. The van der Waals surface area contributed by atoms with Crippen molar-refractivity contribution in [2.24, 2.45) is 0 Å². The van der Waals surface area contributed by atoms with Crippen molar-refractivity contribution >= 4 is 48.3 Å². The first-order chi connectivity index (χ1) is 24.1. The molecule has 50 heavy (non-hydrogen) atoms. The first-order valence-electron chi connectivity index (χ1n) is 17.7. The van der Waals surface area contributed by atoms with Crippen LogP contribution in [-0.4, -0.2) is 29.3 Å². The van der Waals surface area contributed by atoms with Crippen LogP contribution < -0.4 is 14.8 Å².